The van der Waals surface area contributed by atoms with Gasteiger partial charge >= 0.3 is 0 Å². The van der Waals surface area contributed by atoms with Crippen LogP contribution in [0.4, 0.5) is 0 Å². The number of fused-ring (bicyclic) bond motifs is 1. The summed E-state index contributed by atoms with van der Waals surface area (Å²) >= 11 is 0. The van der Waals surface area contributed by atoms with E-state index in [9.17, 15) is 4.79 Å². The number of carbonyl (C=O) groups is 1. The van der Waals surface area contributed by atoms with Crippen LogP contribution in [0.15, 0.2) is 42.6 Å². The van der Waals surface area contributed by atoms with Gasteiger partial charge in [-0.2, -0.15) is 5.10 Å². The fraction of sp³-hybridized carbons (Fsp3) is 0.409. The number of amides is 1. The molecule has 0 bridgehead atoms. The summed E-state index contributed by atoms with van der Waals surface area (Å²) in [6.07, 6.45) is 6.17. The van der Waals surface area contributed by atoms with Crippen LogP contribution < -0.4 is 0 Å². The van der Waals surface area contributed by atoms with Crippen molar-refractivity contribution in [1.82, 2.24) is 19.7 Å². The third-order valence-corrected chi connectivity index (χ3v) is 5.57. The molecule has 0 aliphatic carbocycles. The Kier molecular flexibility index (Phi) is 4.92. The lowest BCUT2D eigenvalue weighted by atomic mass is 9.98. The van der Waals surface area contributed by atoms with Gasteiger partial charge in [0.15, 0.2) is 5.65 Å². The number of carbonyl (C=O) groups excluding carboxylic acids is 1. The third kappa shape index (κ3) is 3.22. The number of rotatable bonds is 4. The Morgan fingerprint density at radius 1 is 1.19 bits per heavy atom. The highest BCUT2D eigenvalue weighted by atomic mass is 16.2. The average molecular weight is 362 g/mol. The topological polar surface area (TPSA) is 51.0 Å². The number of nitrogens with zero attached hydrogens (tertiary/aromatic N) is 4. The van der Waals surface area contributed by atoms with Crippen molar-refractivity contribution in [3.63, 3.8) is 0 Å². The van der Waals surface area contributed by atoms with E-state index in [1.807, 2.05) is 48.0 Å². The molecule has 2 aromatic heterocycles. The molecule has 1 atom stereocenters. The van der Waals surface area contributed by atoms with Crippen LogP contribution in [0, 0.1) is 0 Å². The average Bonchev–Trinajstić information content (AvgIpc) is 3.16. The molecule has 5 nitrogen and oxygen atoms in total. The third-order valence-electron chi connectivity index (χ3n) is 5.57. The molecule has 0 saturated carbocycles. The predicted octanol–water partition coefficient (Wildman–Crippen LogP) is 4.52. The van der Waals surface area contributed by atoms with E-state index in [1.165, 1.54) is 6.42 Å². The number of hydrogen-bond donors (Lipinski definition) is 0. The van der Waals surface area contributed by atoms with Crippen molar-refractivity contribution in [3.05, 3.63) is 48.2 Å². The van der Waals surface area contributed by atoms with Crippen molar-refractivity contribution in [2.75, 3.05) is 6.54 Å². The number of piperidine rings is 1. The number of aromatic nitrogens is 3. The van der Waals surface area contributed by atoms with Crippen molar-refractivity contribution in [2.45, 2.75) is 52.1 Å². The summed E-state index contributed by atoms with van der Waals surface area (Å²) in [6.45, 7) is 5.78. The van der Waals surface area contributed by atoms with E-state index in [2.05, 4.69) is 16.9 Å². The van der Waals surface area contributed by atoms with Crippen LogP contribution in [0.1, 0.15) is 49.9 Å². The van der Waals surface area contributed by atoms with Gasteiger partial charge in [0.2, 0.25) is 0 Å². The maximum absolute atomic E-state index is 13.5. The molecule has 4 rings (SSSR count). The first-order chi connectivity index (χ1) is 13.2. The lowest BCUT2D eigenvalue weighted by Gasteiger charge is -2.35. The van der Waals surface area contributed by atoms with Crippen LogP contribution in [-0.2, 0) is 6.54 Å². The normalized spacial score (nSPS) is 17.4. The van der Waals surface area contributed by atoms with Gasteiger partial charge in [0.05, 0.1) is 22.8 Å². The second-order valence-electron chi connectivity index (χ2n) is 7.18. The summed E-state index contributed by atoms with van der Waals surface area (Å²) < 4.78 is 1.87. The van der Waals surface area contributed by atoms with Gasteiger partial charge in [-0.05, 0) is 38.7 Å². The van der Waals surface area contributed by atoms with Gasteiger partial charge in [-0.25, -0.2) is 9.67 Å². The van der Waals surface area contributed by atoms with Crippen LogP contribution in [0.3, 0.4) is 0 Å². The smallest absolute Gasteiger partial charge is 0.254 e. The van der Waals surface area contributed by atoms with Gasteiger partial charge in [0.1, 0.15) is 0 Å². The molecule has 27 heavy (non-hydrogen) atoms. The van der Waals surface area contributed by atoms with Crippen LogP contribution in [0.5, 0.6) is 0 Å². The first-order valence-electron chi connectivity index (χ1n) is 9.95. The molecule has 0 unspecified atom stereocenters. The Bertz CT molecular complexity index is 948. The summed E-state index contributed by atoms with van der Waals surface area (Å²) in [7, 11) is 0. The standard InChI is InChI=1S/C22H26N4O/c1-3-17-12-8-9-13-25(17)22(27)18-14-20(16-10-6-5-7-11-16)24-21-19(18)15-23-26(21)4-2/h5-7,10-11,14-15,17H,3-4,8-9,12-13H2,1-2H3/t17-/m1/s1. The van der Waals surface area contributed by atoms with Gasteiger partial charge in [-0.15, -0.1) is 0 Å². The SMILES string of the molecule is CC[C@@H]1CCCCN1C(=O)c1cc(-c2ccccc2)nc2c1cnn2CC. The molecular weight excluding hydrogens is 336 g/mol. The first-order valence-corrected chi connectivity index (χ1v) is 9.95. The largest absolute Gasteiger partial charge is 0.336 e. The molecule has 1 aliphatic rings. The highest BCUT2D eigenvalue weighted by molar-refractivity contribution is 6.06. The number of pyridine rings is 1. The van der Waals surface area contributed by atoms with Gasteiger partial charge in [-0.1, -0.05) is 37.3 Å². The Labute approximate surface area is 160 Å². The molecule has 5 heteroatoms. The summed E-state index contributed by atoms with van der Waals surface area (Å²) in [4.78, 5) is 20.4. The lowest BCUT2D eigenvalue weighted by Crippen LogP contribution is -2.43. The summed E-state index contributed by atoms with van der Waals surface area (Å²) in [5.41, 5.74) is 3.35. The van der Waals surface area contributed by atoms with Crippen LogP contribution in [0.25, 0.3) is 22.3 Å². The van der Waals surface area contributed by atoms with Crippen molar-refractivity contribution < 1.29 is 4.79 Å². The van der Waals surface area contributed by atoms with Gasteiger partial charge in [0, 0.05) is 24.7 Å². The molecular formula is C22H26N4O. The van der Waals surface area contributed by atoms with E-state index in [0.717, 1.165) is 60.2 Å². The zero-order valence-corrected chi connectivity index (χ0v) is 16.1. The Hall–Kier alpha value is -2.69. The second kappa shape index (κ2) is 7.51. The minimum absolute atomic E-state index is 0.113. The summed E-state index contributed by atoms with van der Waals surface area (Å²) in [5.74, 6) is 0.113. The van der Waals surface area contributed by atoms with E-state index >= 15 is 0 Å². The summed E-state index contributed by atoms with van der Waals surface area (Å²) in [6, 6.07) is 12.3. The van der Waals surface area contributed by atoms with E-state index in [1.54, 1.807) is 6.20 Å². The van der Waals surface area contributed by atoms with Gasteiger partial charge in [-0.3, -0.25) is 4.79 Å². The second-order valence-corrected chi connectivity index (χ2v) is 7.18. The quantitative estimate of drug-likeness (QED) is 0.685. The van der Waals surface area contributed by atoms with Crippen molar-refractivity contribution >= 4 is 16.9 Å². The van der Waals surface area contributed by atoms with E-state index in [4.69, 9.17) is 4.98 Å². The van der Waals surface area contributed by atoms with Crippen molar-refractivity contribution in [3.8, 4) is 11.3 Å². The van der Waals surface area contributed by atoms with Crippen LogP contribution in [0.2, 0.25) is 0 Å². The highest BCUT2D eigenvalue weighted by Crippen LogP contribution is 2.28. The van der Waals surface area contributed by atoms with E-state index in [-0.39, 0.29) is 5.91 Å². The highest BCUT2D eigenvalue weighted by Gasteiger charge is 2.28. The molecule has 1 aromatic carbocycles. The Morgan fingerprint density at radius 2 is 2.00 bits per heavy atom. The molecule has 0 N–H and O–H groups in total. The molecule has 1 fully saturated rings. The zero-order chi connectivity index (χ0) is 18.8. The number of aryl methyl sites for hydroxylation is 1. The molecule has 0 spiro atoms. The fourth-order valence-electron chi connectivity index (χ4n) is 4.06. The minimum atomic E-state index is 0.113. The molecule has 1 aliphatic heterocycles. The molecule has 3 aromatic rings. The molecule has 140 valence electrons. The molecule has 1 saturated heterocycles. The van der Waals surface area contributed by atoms with Crippen LogP contribution in [-0.4, -0.2) is 38.2 Å². The number of hydrogen-bond acceptors (Lipinski definition) is 3. The minimum Gasteiger partial charge on any atom is -0.336 e. The predicted molar refractivity (Wildman–Crippen MR) is 108 cm³/mol. The van der Waals surface area contributed by atoms with E-state index in [0.29, 0.717) is 6.04 Å². The Balaban J connectivity index is 1.86. The van der Waals surface area contributed by atoms with E-state index < -0.39 is 0 Å². The lowest BCUT2D eigenvalue weighted by molar-refractivity contribution is 0.0610. The first kappa shape index (κ1) is 17.7. The zero-order valence-electron chi connectivity index (χ0n) is 16.1. The Morgan fingerprint density at radius 3 is 2.74 bits per heavy atom. The number of likely N-dealkylation sites (tertiary alicyclic amines) is 1. The fourth-order valence-corrected chi connectivity index (χ4v) is 4.06. The van der Waals surface area contributed by atoms with Gasteiger partial charge < -0.3 is 4.90 Å². The van der Waals surface area contributed by atoms with Crippen LogP contribution >= 0.6 is 0 Å². The summed E-state index contributed by atoms with van der Waals surface area (Å²) in [5, 5.41) is 5.31. The molecule has 0 radical (unpaired) electrons. The van der Waals surface area contributed by atoms with Gasteiger partial charge in [0.25, 0.3) is 5.91 Å². The molecule has 1 amide bonds. The monoisotopic (exact) mass is 362 g/mol. The van der Waals surface area contributed by atoms with Crippen molar-refractivity contribution in [1.29, 1.82) is 0 Å². The maximum atomic E-state index is 13.5. The van der Waals surface area contributed by atoms with Crippen molar-refractivity contribution in [2.24, 2.45) is 0 Å². The number of benzene rings is 1. The maximum Gasteiger partial charge on any atom is 0.254 e. The molecule has 3 heterocycles.